The lowest BCUT2D eigenvalue weighted by molar-refractivity contribution is 0.619. The molecule has 0 saturated carbocycles. The summed E-state index contributed by atoms with van der Waals surface area (Å²) in [7, 11) is 0. The van der Waals surface area contributed by atoms with Crippen molar-refractivity contribution in [1.82, 2.24) is 4.98 Å². The number of fused-ring (bicyclic) bond motifs is 1. The molecule has 0 fully saturated rings. The molecule has 5 heteroatoms. The first kappa shape index (κ1) is 11.4. The molecule has 3 aromatic rings. The van der Waals surface area contributed by atoms with Crippen molar-refractivity contribution in [3.05, 3.63) is 35.9 Å². The van der Waals surface area contributed by atoms with Crippen LogP contribution in [0.15, 0.2) is 34.7 Å². The second-order valence-corrected chi connectivity index (χ2v) is 4.54. The highest BCUT2D eigenvalue weighted by Crippen LogP contribution is 2.30. The molecule has 0 aliphatic heterocycles. The number of hydrogen-bond donors (Lipinski definition) is 3. The summed E-state index contributed by atoms with van der Waals surface area (Å²) in [6.45, 7) is 1.96. The van der Waals surface area contributed by atoms with Gasteiger partial charge < -0.3 is 21.6 Å². The molecule has 6 N–H and O–H groups in total. The van der Waals surface area contributed by atoms with E-state index in [2.05, 4.69) is 4.98 Å². The van der Waals surface area contributed by atoms with Gasteiger partial charge in [0.25, 0.3) is 0 Å². The van der Waals surface area contributed by atoms with Crippen LogP contribution in [0.2, 0.25) is 0 Å². The molecule has 0 bridgehead atoms. The number of hydrogen-bond acceptors (Lipinski definition) is 5. The molecule has 0 amide bonds. The molecule has 19 heavy (non-hydrogen) atoms. The number of nitrogens with two attached hydrogens (primary N) is 3. The second kappa shape index (κ2) is 3.91. The fourth-order valence-electron chi connectivity index (χ4n) is 2.05. The van der Waals surface area contributed by atoms with Crippen molar-refractivity contribution < 1.29 is 4.42 Å². The highest BCUT2D eigenvalue weighted by molar-refractivity contribution is 5.86. The Kier molecular flexibility index (Phi) is 2.35. The van der Waals surface area contributed by atoms with Gasteiger partial charge in [-0.05, 0) is 36.8 Å². The third kappa shape index (κ3) is 1.85. The Morgan fingerprint density at radius 1 is 1.00 bits per heavy atom. The quantitative estimate of drug-likeness (QED) is 0.579. The minimum atomic E-state index is 0.490. The van der Waals surface area contributed by atoms with E-state index in [1.54, 1.807) is 12.1 Å². The van der Waals surface area contributed by atoms with Crippen LogP contribution in [0.4, 0.5) is 17.1 Å². The Hall–Kier alpha value is -2.69. The van der Waals surface area contributed by atoms with Crippen molar-refractivity contribution in [2.45, 2.75) is 6.92 Å². The van der Waals surface area contributed by atoms with Gasteiger partial charge >= 0.3 is 0 Å². The SMILES string of the molecule is Cc1cc(N)ccc1-c1nc2cc(N)c(N)cc2o1. The van der Waals surface area contributed by atoms with Crippen LogP contribution >= 0.6 is 0 Å². The summed E-state index contributed by atoms with van der Waals surface area (Å²) in [5, 5.41) is 0. The number of rotatable bonds is 1. The van der Waals surface area contributed by atoms with E-state index in [0.717, 1.165) is 11.1 Å². The maximum Gasteiger partial charge on any atom is 0.227 e. The molecule has 96 valence electrons. The smallest absolute Gasteiger partial charge is 0.227 e. The summed E-state index contributed by atoms with van der Waals surface area (Å²) >= 11 is 0. The molecule has 0 atom stereocenters. The standard InChI is InChI=1S/C14H14N4O/c1-7-4-8(15)2-3-9(7)14-18-12-5-10(16)11(17)6-13(12)19-14/h2-6H,15-17H2,1H3. The zero-order valence-electron chi connectivity index (χ0n) is 10.5. The van der Waals surface area contributed by atoms with Crippen molar-refractivity contribution in [2.24, 2.45) is 0 Å². The van der Waals surface area contributed by atoms with Crippen LogP contribution in [0, 0.1) is 6.92 Å². The molecule has 1 aromatic heterocycles. The first-order valence-electron chi connectivity index (χ1n) is 5.86. The number of aryl methyl sites for hydroxylation is 1. The number of benzene rings is 2. The fraction of sp³-hybridized carbons (Fsp3) is 0.0714. The molecule has 0 spiro atoms. The van der Waals surface area contributed by atoms with Crippen LogP contribution in [0.1, 0.15) is 5.56 Å². The molecule has 3 rings (SSSR count). The highest BCUT2D eigenvalue weighted by Gasteiger charge is 2.12. The molecular formula is C14H14N4O. The lowest BCUT2D eigenvalue weighted by Crippen LogP contribution is -1.93. The third-order valence-electron chi connectivity index (χ3n) is 3.07. The zero-order chi connectivity index (χ0) is 13.6. The minimum absolute atomic E-state index is 0.490. The maximum atomic E-state index is 5.76. The second-order valence-electron chi connectivity index (χ2n) is 4.54. The molecule has 2 aromatic carbocycles. The van der Waals surface area contributed by atoms with E-state index in [-0.39, 0.29) is 0 Å². The molecule has 1 heterocycles. The van der Waals surface area contributed by atoms with Crippen LogP contribution in [-0.4, -0.2) is 4.98 Å². The fourth-order valence-corrected chi connectivity index (χ4v) is 2.05. The molecule has 0 saturated heterocycles. The average Bonchev–Trinajstić information content (AvgIpc) is 2.72. The first-order valence-corrected chi connectivity index (χ1v) is 5.86. The van der Waals surface area contributed by atoms with Crippen molar-refractivity contribution in [3.8, 4) is 11.5 Å². The van der Waals surface area contributed by atoms with Gasteiger partial charge in [0.2, 0.25) is 5.89 Å². The normalized spacial score (nSPS) is 11.0. The van der Waals surface area contributed by atoms with E-state index in [4.69, 9.17) is 21.6 Å². The summed E-state index contributed by atoms with van der Waals surface area (Å²) in [5.74, 6) is 0.539. The van der Waals surface area contributed by atoms with Crippen molar-refractivity contribution in [2.75, 3.05) is 17.2 Å². The summed E-state index contributed by atoms with van der Waals surface area (Å²) in [5.41, 5.74) is 22.2. The molecule has 0 aliphatic carbocycles. The Bertz CT molecular complexity index is 737. The Morgan fingerprint density at radius 3 is 2.47 bits per heavy atom. The maximum absolute atomic E-state index is 5.76. The molecular weight excluding hydrogens is 240 g/mol. The van der Waals surface area contributed by atoms with E-state index in [1.165, 1.54) is 0 Å². The van der Waals surface area contributed by atoms with Gasteiger partial charge in [-0.25, -0.2) is 4.98 Å². The predicted octanol–water partition coefficient (Wildman–Crippen LogP) is 2.55. The van der Waals surface area contributed by atoms with Crippen LogP contribution in [-0.2, 0) is 0 Å². The Balaban J connectivity index is 2.20. The summed E-state index contributed by atoms with van der Waals surface area (Å²) in [6.07, 6.45) is 0. The molecule has 5 nitrogen and oxygen atoms in total. The molecule has 0 aliphatic rings. The van der Waals surface area contributed by atoms with Crippen molar-refractivity contribution in [1.29, 1.82) is 0 Å². The van der Waals surface area contributed by atoms with Crippen LogP contribution < -0.4 is 17.2 Å². The Labute approximate surface area is 110 Å². The summed E-state index contributed by atoms with van der Waals surface area (Å²) in [6, 6.07) is 8.99. The van der Waals surface area contributed by atoms with E-state index in [0.29, 0.717) is 34.1 Å². The van der Waals surface area contributed by atoms with Gasteiger partial charge in [0, 0.05) is 17.3 Å². The van der Waals surface area contributed by atoms with Gasteiger partial charge in [-0.2, -0.15) is 0 Å². The summed E-state index contributed by atoms with van der Waals surface area (Å²) in [4.78, 5) is 4.43. The third-order valence-corrected chi connectivity index (χ3v) is 3.07. The number of nitrogens with zero attached hydrogens (tertiary/aromatic N) is 1. The lowest BCUT2D eigenvalue weighted by Gasteiger charge is -2.01. The van der Waals surface area contributed by atoms with E-state index in [9.17, 15) is 0 Å². The highest BCUT2D eigenvalue weighted by atomic mass is 16.3. The van der Waals surface area contributed by atoms with Gasteiger partial charge in [0.15, 0.2) is 5.58 Å². The number of anilines is 3. The van der Waals surface area contributed by atoms with Crippen LogP contribution in [0.5, 0.6) is 0 Å². The van der Waals surface area contributed by atoms with Crippen LogP contribution in [0.3, 0.4) is 0 Å². The van der Waals surface area contributed by atoms with Gasteiger partial charge in [-0.3, -0.25) is 0 Å². The molecule has 0 radical (unpaired) electrons. The number of aromatic nitrogens is 1. The van der Waals surface area contributed by atoms with Crippen molar-refractivity contribution in [3.63, 3.8) is 0 Å². The monoisotopic (exact) mass is 254 g/mol. The average molecular weight is 254 g/mol. The van der Waals surface area contributed by atoms with Gasteiger partial charge in [0.1, 0.15) is 5.52 Å². The predicted molar refractivity (Wildman–Crippen MR) is 77.4 cm³/mol. The number of nitrogen functional groups attached to an aromatic ring is 3. The molecule has 0 unspecified atom stereocenters. The van der Waals surface area contributed by atoms with Crippen molar-refractivity contribution >= 4 is 28.2 Å². The largest absolute Gasteiger partial charge is 0.436 e. The Morgan fingerprint density at radius 2 is 1.74 bits per heavy atom. The first-order chi connectivity index (χ1) is 9.04. The zero-order valence-corrected chi connectivity index (χ0v) is 10.5. The topological polar surface area (TPSA) is 104 Å². The number of oxazole rings is 1. The van der Waals surface area contributed by atoms with Gasteiger partial charge in [-0.1, -0.05) is 0 Å². The summed E-state index contributed by atoms with van der Waals surface area (Å²) < 4.78 is 5.72. The minimum Gasteiger partial charge on any atom is -0.436 e. The van der Waals surface area contributed by atoms with E-state index < -0.39 is 0 Å². The van der Waals surface area contributed by atoms with E-state index >= 15 is 0 Å². The van der Waals surface area contributed by atoms with Gasteiger partial charge in [-0.15, -0.1) is 0 Å². The van der Waals surface area contributed by atoms with Crippen LogP contribution in [0.25, 0.3) is 22.6 Å². The van der Waals surface area contributed by atoms with Gasteiger partial charge in [0.05, 0.1) is 11.4 Å². The van der Waals surface area contributed by atoms with E-state index in [1.807, 2.05) is 25.1 Å². The lowest BCUT2D eigenvalue weighted by atomic mass is 10.1.